The van der Waals surface area contributed by atoms with Gasteiger partial charge in [0.2, 0.25) is 25.1 Å². The van der Waals surface area contributed by atoms with Crippen LogP contribution in [0.2, 0.25) is 0 Å². The van der Waals surface area contributed by atoms with Crippen LogP contribution in [0.5, 0.6) is 34.5 Å². The van der Waals surface area contributed by atoms with E-state index in [9.17, 15) is 9.59 Å². The molecule has 0 unspecified atom stereocenters. The van der Waals surface area contributed by atoms with Crippen molar-refractivity contribution in [1.29, 1.82) is 0 Å². The molecule has 34 heavy (non-hydrogen) atoms. The van der Waals surface area contributed by atoms with Crippen molar-refractivity contribution < 1.29 is 47.5 Å². The first kappa shape index (κ1) is 23.3. The van der Waals surface area contributed by atoms with Gasteiger partial charge >= 0.3 is 11.9 Å². The summed E-state index contributed by atoms with van der Waals surface area (Å²) in [7, 11) is 2.84. The van der Waals surface area contributed by atoms with Crippen LogP contribution in [0, 0.1) is 0 Å². The lowest BCUT2D eigenvalue weighted by molar-refractivity contribution is 0.0364. The van der Waals surface area contributed by atoms with Crippen LogP contribution in [0.1, 0.15) is 48.4 Å². The normalized spacial score (nSPS) is 13.3. The standard InChI is InChI=1S/C24H26O10/c1-11(2)33-23(25)13-7-15-19(31-9-29-15)21(27-5)17(13)18-14(24(26)34-12(3)4)8-16-20(22(18)28-6)32-10-30-16/h7-8,11-12H,9-10H2,1-6H3. The smallest absolute Gasteiger partial charge is 0.339 e. The molecule has 0 radical (unpaired) electrons. The lowest BCUT2D eigenvalue weighted by Gasteiger charge is -2.21. The minimum Gasteiger partial charge on any atom is -0.492 e. The summed E-state index contributed by atoms with van der Waals surface area (Å²) in [6.07, 6.45) is -0.804. The molecule has 0 amide bonds. The van der Waals surface area contributed by atoms with Crippen LogP contribution in [0.3, 0.4) is 0 Å². The van der Waals surface area contributed by atoms with Gasteiger partial charge in [-0.25, -0.2) is 9.59 Å². The Balaban J connectivity index is 2.09. The van der Waals surface area contributed by atoms with Gasteiger partial charge in [0, 0.05) is 11.1 Å². The quantitative estimate of drug-likeness (QED) is 0.547. The fourth-order valence-corrected chi connectivity index (χ4v) is 3.79. The molecule has 0 bridgehead atoms. The summed E-state index contributed by atoms with van der Waals surface area (Å²) < 4.78 is 44.6. The van der Waals surface area contributed by atoms with Crippen molar-refractivity contribution in [3.05, 3.63) is 23.3 Å². The number of carbonyl (C=O) groups excluding carboxylic acids is 2. The zero-order valence-electron chi connectivity index (χ0n) is 19.8. The zero-order chi connectivity index (χ0) is 24.6. The molecule has 2 aliphatic heterocycles. The molecule has 10 nitrogen and oxygen atoms in total. The number of rotatable bonds is 7. The highest BCUT2D eigenvalue weighted by atomic mass is 16.7. The number of benzene rings is 2. The number of hydrogen-bond donors (Lipinski definition) is 0. The Hall–Kier alpha value is -3.82. The lowest BCUT2D eigenvalue weighted by atomic mass is 9.91. The number of carbonyl (C=O) groups is 2. The second kappa shape index (κ2) is 9.20. The van der Waals surface area contributed by atoms with E-state index in [0.717, 1.165) is 0 Å². The van der Waals surface area contributed by atoms with Crippen LogP contribution < -0.4 is 28.4 Å². The molecule has 0 spiro atoms. The molecule has 2 aliphatic rings. The maximum absolute atomic E-state index is 13.2. The van der Waals surface area contributed by atoms with E-state index in [1.54, 1.807) is 27.7 Å². The predicted molar refractivity (Wildman–Crippen MR) is 118 cm³/mol. The molecule has 0 aliphatic carbocycles. The van der Waals surface area contributed by atoms with Crippen LogP contribution >= 0.6 is 0 Å². The molecule has 0 saturated carbocycles. The van der Waals surface area contributed by atoms with E-state index in [1.807, 2.05) is 0 Å². The fraction of sp³-hybridized carbons (Fsp3) is 0.417. The van der Waals surface area contributed by atoms with Gasteiger partial charge < -0.3 is 37.9 Å². The summed E-state index contributed by atoms with van der Waals surface area (Å²) in [6, 6.07) is 2.99. The maximum Gasteiger partial charge on any atom is 0.339 e. The first-order valence-electron chi connectivity index (χ1n) is 10.7. The van der Waals surface area contributed by atoms with Crippen molar-refractivity contribution in [2.24, 2.45) is 0 Å². The van der Waals surface area contributed by atoms with Crippen LogP contribution in [-0.4, -0.2) is 52.0 Å². The first-order valence-corrected chi connectivity index (χ1v) is 10.7. The third-order valence-corrected chi connectivity index (χ3v) is 5.02. The van der Waals surface area contributed by atoms with Crippen molar-refractivity contribution in [1.82, 2.24) is 0 Å². The summed E-state index contributed by atoms with van der Waals surface area (Å²) >= 11 is 0. The molecule has 0 saturated heterocycles. The SMILES string of the molecule is COc1c2c(cc(C(=O)OC(C)C)c1-c1c(C(=O)OC(C)C)cc3c(c1OC)OCO3)OCO2. The largest absolute Gasteiger partial charge is 0.492 e. The van der Waals surface area contributed by atoms with Gasteiger partial charge in [-0.05, 0) is 39.8 Å². The number of ether oxygens (including phenoxy) is 8. The first-order chi connectivity index (χ1) is 16.3. The van der Waals surface area contributed by atoms with Crippen molar-refractivity contribution in [2.45, 2.75) is 39.9 Å². The molecule has 0 aromatic heterocycles. The molecule has 2 heterocycles. The zero-order valence-corrected chi connectivity index (χ0v) is 19.8. The fourth-order valence-electron chi connectivity index (χ4n) is 3.79. The highest BCUT2D eigenvalue weighted by Crippen LogP contribution is 2.56. The Morgan fingerprint density at radius 3 is 1.41 bits per heavy atom. The van der Waals surface area contributed by atoms with E-state index >= 15 is 0 Å². The third kappa shape index (κ3) is 4.00. The van der Waals surface area contributed by atoms with Crippen molar-refractivity contribution in [2.75, 3.05) is 27.8 Å². The van der Waals surface area contributed by atoms with Gasteiger partial charge in [0.05, 0.1) is 37.6 Å². The number of fused-ring (bicyclic) bond motifs is 2. The van der Waals surface area contributed by atoms with E-state index in [1.165, 1.54) is 26.4 Å². The van der Waals surface area contributed by atoms with Gasteiger partial charge in [-0.3, -0.25) is 0 Å². The highest BCUT2D eigenvalue weighted by molar-refractivity contribution is 6.08. The predicted octanol–water partition coefficient (Wildman–Crippen LogP) is 3.96. The average Bonchev–Trinajstić information content (AvgIpc) is 3.44. The Morgan fingerprint density at radius 1 is 0.706 bits per heavy atom. The third-order valence-electron chi connectivity index (χ3n) is 5.02. The van der Waals surface area contributed by atoms with Crippen molar-refractivity contribution in [3.8, 4) is 45.6 Å². The Morgan fingerprint density at radius 2 is 1.09 bits per heavy atom. The second-order valence-electron chi connectivity index (χ2n) is 8.04. The monoisotopic (exact) mass is 474 g/mol. The van der Waals surface area contributed by atoms with Crippen LogP contribution in [0.4, 0.5) is 0 Å². The summed E-state index contributed by atoms with van der Waals surface area (Å²) in [5, 5.41) is 0. The van der Waals surface area contributed by atoms with Gasteiger partial charge in [0.15, 0.2) is 23.0 Å². The number of esters is 2. The second-order valence-corrected chi connectivity index (χ2v) is 8.04. The Bertz CT molecular complexity index is 1050. The number of methoxy groups -OCH3 is 2. The average molecular weight is 474 g/mol. The lowest BCUT2D eigenvalue weighted by Crippen LogP contribution is -2.16. The molecule has 4 rings (SSSR count). The molecule has 10 heteroatoms. The van der Waals surface area contributed by atoms with Crippen molar-refractivity contribution >= 4 is 11.9 Å². The van der Waals surface area contributed by atoms with E-state index in [4.69, 9.17) is 37.9 Å². The van der Waals surface area contributed by atoms with Gasteiger partial charge in [-0.15, -0.1) is 0 Å². The van der Waals surface area contributed by atoms with Crippen LogP contribution in [0.25, 0.3) is 11.1 Å². The highest BCUT2D eigenvalue weighted by Gasteiger charge is 2.37. The Kier molecular flexibility index (Phi) is 6.32. The Labute approximate surface area is 196 Å². The molecular weight excluding hydrogens is 448 g/mol. The molecular formula is C24H26O10. The minimum atomic E-state index is -0.649. The molecule has 0 N–H and O–H groups in total. The van der Waals surface area contributed by atoms with E-state index in [0.29, 0.717) is 11.5 Å². The van der Waals surface area contributed by atoms with Gasteiger partial charge in [-0.1, -0.05) is 0 Å². The summed E-state index contributed by atoms with van der Waals surface area (Å²) in [5.74, 6) is 0.213. The van der Waals surface area contributed by atoms with Gasteiger partial charge in [0.25, 0.3) is 0 Å². The summed E-state index contributed by atoms with van der Waals surface area (Å²) in [6.45, 7) is 6.80. The van der Waals surface area contributed by atoms with Gasteiger partial charge in [-0.2, -0.15) is 0 Å². The molecule has 2 aromatic rings. The van der Waals surface area contributed by atoms with E-state index in [2.05, 4.69) is 0 Å². The maximum atomic E-state index is 13.2. The molecule has 182 valence electrons. The minimum absolute atomic E-state index is 0.0612. The molecule has 2 aromatic carbocycles. The van der Waals surface area contributed by atoms with Crippen LogP contribution in [0.15, 0.2) is 12.1 Å². The molecule has 0 atom stereocenters. The molecule has 0 fully saturated rings. The van der Waals surface area contributed by atoms with E-state index < -0.39 is 24.1 Å². The van der Waals surface area contributed by atoms with Crippen molar-refractivity contribution in [3.63, 3.8) is 0 Å². The topological polar surface area (TPSA) is 108 Å². The summed E-state index contributed by atoms with van der Waals surface area (Å²) in [5.41, 5.74) is 0.600. The van der Waals surface area contributed by atoms with Crippen LogP contribution in [-0.2, 0) is 9.47 Å². The summed E-state index contributed by atoms with van der Waals surface area (Å²) in [4.78, 5) is 26.4. The van der Waals surface area contributed by atoms with Gasteiger partial charge in [0.1, 0.15) is 0 Å². The van der Waals surface area contributed by atoms with E-state index in [-0.39, 0.29) is 58.8 Å². The number of hydrogen-bond acceptors (Lipinski definition) is 10.